The smallest absolute Gasteiger partial charge is 0.224 e. The number of piperidine rings is 1. The first kappa shape index (κ1) is 14.1. The third kappa shape index (κ3) is 4.06. The first-order valence-corrected chi connectivity index (χ1v) is 7.13. The number of nitrogens with one attached hydrogen (secondary N) is 2. The second kappa shape index (κ2) is 6.20. The lowest BCUT2D eigenvalue weighted by atomic mass is 10.0. The van der Waals surface area contributed by atoms with Gasteiger partial charge in [-0.2, -0.15) is 0 Å². The summed E-state index contributed by atoms with van der Waals surface area (Å²) in [6.45, 7) is 7.25. The molecule has 3 heteroatoms. The minimum Gasteiger partial charge on any atom is -0.352 e. The van der Waals surface area contributed by atoms with Crippen LogP contribution in [0.15, 0.2) is 18.2 Å². The molecule has 1 fully saturated rings. The van der Waals surface area contributed by atoms with Crippen molar-refractivity contribution >= 4 is 5.91 Å². The Kier molecular flexibility index (Phi) is 4.59. The van der Waals surface area contributed by atoms with E-state index in [1.54, 1.807) is 0 Å². The molecule has 2 rings (SSSR count). The number of amides is 1. The van der Waals surface area contributed by atoms with E-state index in [4.69, 9.17) is 0 Å². The van der Waals surface area contributed by atoms with Crippen LogP contribution in [-0.2, 0) is 11.2 Å². The van der Waals surface area contributed by atoms with Crippen LogP contribution in [0.2, 0.25) is 0 Å². The van der Waals surface area contributed by atoms with E-state index in [2.05, 4.69) is 43.5 Å². The summed E-state index contributed by atoms with van der Waals surface area (Å²) >= 11 is 0. The number of aryl methyl sites for hydroxylation is 2. The van der Waals surface area contributed by atoms with Gasteiger partial charge >= 0.3 is 0 Å². The van der Waals surface area contributed by atoms with Gasteiger partial charge in [0.25, 0.3) is 0 Å². The number of carbonyl (C=O) groups is 1. The zero-order valence-electron chi connectivity index (χ0n) is 12.1. The van der Waals surface area contributed by atoms with Crippen LogP contribution in [0.4, 0.5) is 0 Å². The van der Waals surface area contributed by atoms with Crippen molar-refractivity contribution in [2.24, 2.45) is 0 Å². The Morgan fingerprint density at radius 3 is 2.74 bits per heavy atom. The van der Waals surface area contributed by atoms with E-state index in [0.717, 1.165) is 24.9 Å². The lowest BCUT2D eigenvalue weighted by Crippen LogP contribution is -2.49. The van der Waals surface area contributed by atoms with E-state index in [-0.39, 0.29) is 11.9 Å². The number of carbonyl (C=O) groups excluding carboxylic acids is 1. The molecule has 1 aromatic rings. The molecule has 0 aromatic heterocycles. The highest BCUT2D eigenvalue weighted by molar-refractivity contribution is 5.79. The average Bonchev–Trinajstić information content (AvgIpc) is 2.37. The highest BCUT2D eigenvalue weighted by atomic mass is 16.1. The van der Waals surface area contributed by atoms with E-state index in [1.165, 1.54) is 11.1 Å². The molecule has 104 valence electrons. The van der Waals surface area contributed by atoms with Crippen LogP contribution in [0.1, 0.15) is 36.5 Å². The van der Waals surface area contributed by atoms with E-state index in [0.29, 0.717) is 12.5 Å². The fourth-order valence-electron chi connectivity index (χ4n) is 2.50. The topological polar surface area (TPSA) is 41.1 Å². The maximum absolute atomic E-state index is 12.0. The summed E-state index contributed by atoms with van der Waals surface area (Å²) in [6.07, 6.45) is 2.69. The zero-order valence-corrected chi connectivity index (χ0v) is 12.1. The van der Waals surface area contributed by atoms with Gasteiger partial charge in [-0.05, 0) is 50.3 Å². The van der Waals surface area contributed by atoms with E-state index in [9.17, 15) is 4.79 Å². The Bertz CT molecular complexity index is 448. The van der Waals surface area contributed by atoms with Crippen molar-refractivity contribution in [2.75, 3.05) is 6.54 Å². The molecular formula is C16H24N2O. The van der Waals surface area contributed by atoms with Crippen LogP contribution >= 0.6 is 0 Å². The molecule has 2 unspecified atom stereocenters. The Hall–Kier alpha value is -1.35. The van der Waals surface area contributed by atoms with Crippen LogP contribution in [0.3, 0.4) is 0 Å². The molecule has 0 aliphatic carbocycles. The summed E-state index contributed by atoms with van der Waals surface area (Å²) in [5.74, 6) is 0.129. The molecule has 1 saturated heterocycles. The van der Waals surface area contributed by atoms with Crippen LogP contribution in [0.25, 0.3) is 0 Å². The molecule has 1 amide bonds. The minimum absolute atomic E-state index is 0.129. The van der Waals surface area contributed by atoms with Gasteiger partial charge in [-0.1, -0.05) is 18.2 Å². The van der Waals surface area contributed by atoms with Crippen LogP contribution in [-0.4, -0.2) is 24.5 Å². The first-order valence-electron chi connectivity index (χ1n) is 7.13. The van der Waals surface area contributed by atoms with Crippen LogP contribution < -0.4 is 10.6 Å². The zero-order chi connectivity index (χ0) is 13.8. The highest BCUT2D eigenvalue weighted by Gasteiger charge is 2.19. The number of rotatable bonds is 3. The molecule has 3 nitrogen and oxygen atoms in total. The van der Waals surface area contributed by atoms with Crippen molar-refractivity contribution in [1.82, 2.24) is 10.6 Å². The van der Waals surface area contributed by atoms with E-state index < -0.39 is 0 Å². The lowest BCUT2D eigenvalue weighted by molar-refractivity contribution is -0.121. The SMILES string of the molecule is Cc1ccc(CC(=O)NC2CCC(C)NC2)cc1C. The van der Waals surface area contributed by atoms with Gasteiger partial charge in [0, 0.05) is 18.6 Å². The maximum Gasteiger partial charge on any atom is 0.224 e. The third-order valence-electron chi connectivity index (χ3n) is 3.96. The number of hydrogen-bond donors (Lipinski definition) is 2. The number of benzene rings is 1. The van der Waals surface area contributed by atoms with Crippen molar-refractivity contribution in [3.05, 3.63) is 34.9 Å². The van der Waals surface area contributed by atoms with Gasteiger partial charge in [0.05, 0.1) is 6.42 Å². The Morgan fingerprint density at radius 1 is 1.32 bits per heavy atom. The van der Waals surface area contributed by atoms with Gasteiger partial charge in [0.1, 0.15) is 0 Å². The van der Waals surface area contributed by atoms with Gasteiger partial charge < -0.3 is 10.6 Å². The second-order valence-corrected chi connectivity index (χ2v) is 5.75. The molecule has 1 heterocycles. The van der Waals surface area contributed by atoms with Gasteiger partial charge in [-0.15, -0.1) is 0 Å². The summed E-state index contributed by atoms with van der Waals surface area (Å²) in [5, 5.41) is 6.52. The first-order chi connectivity index (χ1) is 9.04. The molecule has 2 atom stereocenters. The summed E-state index contributed by atoms with van der Waals surface area (Å²) in [7, 11) is 0. The normalized spacial score (nSPS) is 23.1. The molecule has 0 bridgehead atoms. The Balaban J connectivity index is 1.85. The number of hydrogen-bond acceptors (Lipinski definition) is 2. The van der Waals surface area contributed by atoms with Crippen LogP contribution in [0.5, 0.6) is 0 Å². The predicted octanol–water partition coefficient (Wildman–Crippen LogP) is 2.10. The van der Waals surface area contributed by atoms with Crippen molar-refractivity contribution in [3.63, 3.8) is 0 Å². The molecule has 2 N–H and O–H groups in total. The Labute approximate surface area is 115 Å². The lowest BCUT2D eigenvalue weighted by Gasteiger charge is -2.28. The van der Waals surface area contributed by atoms with Crippen molar-refractivity contribution in [1.29, 1.82) is 0 Å². The molecule has 19 heavy (non-hydrogen) atoms. The molecule has 1 aliphatic heterocycles. The molecular weight excluding hydrogens is 236 g/mol. The highest BCUT2D eigenvalue weighted by Crippen LogP contribution is 2.11. The summed E-state index contributed by atoms with van der Waals surface area (Å²) < 4.78 is 0. The minimum atomic E-state index is 0.129. The van der Waals surface area contributed by atoms with Crippen molar-refractivity contribution < 1.29 is 4.79 Å². The molecule has 1 aromatic carbocycles. The van der Waals surface area contributed by atoms with Crippen molar-refractivity contribution in [3.8, 4) is 0 Å². The summed E-state index contributed by atoms with van der Waals surface area (Å²) in [6, 6.07) is 7.10. The maximum atomic E-state index is 12.0. The van der Waals surface area contributed by atoms with Gasteiger partial charge in [-0.3, -0.25) is 4.79 Å². The predicted molar refractivity (Wildman–Crippen MR) is 78.2 cm³/mol. The van der Waals surface area contributed by atoms with Gasteiger partial charge in [-0.25, -0.2) is 0 Å². The fourth-order valence-corrected chi connectivity index (χ4v) is 2.50. The summed E-state index contributed by atoms with van der Waals surface area (Å²) in [4.78, 5) is 12.0. The molecule has 0 spiro atoms. The van der Waals surface area contributed by atoms with Gasteiger partial charge in [0.15, 0.2) is 0 Å². The average molecular weight is 260 g/mol. The molecule has 1 aliphatic rings. The van der Waals surface area contributed by atoms with Crippen molar-refractivity contribution in [2.45, 2.75) is 52.1 Å². The molecule has 0 saturated carbocycles. The second-order valence-electron chi connectivity index (χ2n) is 5.75. The standard InChI is InChI=1S/C16H24N2O/c1-11-4-6-14(8-12(11)2)9-16(19)18-15-7-5-13(3)17-10-15/h4,6,8,13,15,17H,5,7,9-10H2,1-3H3,(H,18,19). The summed E-state index contributed by atoms with van der Waals surface area (Å²) in [5.41, 5.74) is 3.62. The molecule has 0 radical (unpaired) electrons. The Morgan fingerprint density at radius 2 is 2.11 bits per heavy atom. The largest absolute Gasteiger partial charge is 0.352 e. The quantitative estimate of drug-likeness (QED) is 0.874. The van der Waals surface area contributed by atoms with Crippen LogP contribution in [0, 0.1) is 13.8 Å². The third-order valence-corrected chi connectivity index (χ3v) is 3.96. The van der Waals surface area contributed by atoms with Gasteiger partial charge in [0.2, 0.25) is 5.91 Å². The van der Waals surface area contributed by atoms with E-state index in [1.807, 2.05) is 6.07 Å². The fraction of sp³-hybridized carbons (Fsp3) is 0.562. The van der Waals surface area contributed by atoms with E-state index >= 15 is 0 Å². The monoisotopic (exact) mass is 260 g/mol.